The Bertz CT molecular complexity index is 199. The van der Waals surface area contributed by atoms with Crippen molar-refractivity contribution in [1.29, 1.82) is 0 Å². The Morgan fingerprint density at radius 2 is 1.80 bits per heavy atom. The van der Waals surface area contributed by atoms with Crippen LogP contribution in [0, 0.1) is 0 Å². The van der Waals surface area contributed by atoms with Crippen molar-refractivity contribution in [3.05, 3.63) is 12.7 Å². The minimum atomic E-state index is -0.0631. The average Bonchev–Trinajstić information content (AvgIpc) is 2.14. The lowest BCUT2D eigenvalue weighted by Gasteiger charge is -2.43. The quantitative estimate of drug-likeness (QED) is 0.725. The highest BCUT2D eigenvalue weighted by Gasteiger charge is 2.30. The van der Waals surface area contributed by atoms with Gasteiger partial charge in [0.05, 0.1) is 6.10 Å². The Kier molecular flexibility index (Phi) is 4.35. The zero-order chi connectivity index (χ0) is 11.5. The van der Waals surface area contributed by atoms with Crippen molar-refractivity contribution < 1.29 is 5.11 Å². The molecule has 1 aliphatic rings. The van der Waals surface area contributed by atoms with Gasteiger partial charge >= 0.3 is 0 Å². The summed E-state index contributed by atoms with van der Waals surface area (Å²) in [5, 5.41) is 9.50. The molecule has 2 nitrogen and oxygen atoms in total. The minimum absolute atomic E-state index is 0.0631. The number of rotatable bonds is 3. The molecule has 88 valence electrons. The van der Waals surface area contributed by atoms with E-state index in [1.807, 2.05) is 6.08 Å². The van der Waals surface area contributed by atoms with Crippen LogP contribution in [-0.2, 0) is 0 Å². The third-order valence-corrected chi connectivity index (χ3v) is 3.29. The monoisotopic (exact) mass is 211 g/mol. The Morgan fingerprint density at radius 1 is 1.27 bits per heavy atom. The van der Waals surface area contributed by atoms with Crippen LogP contribution in [-0.4, -0.2) is 34.2 Å². The summed E-state index contributed by atoms with van der Waals surface area (Å²) in [6.45, 7) is 11.5. The summed E-state index contributed by atoms with van der Waals surface area (Å²) < 4.78 is 0. The van der Waals surface area contributed by atoms with Gasteiger partial charge in [0.15, 0.2) is 0 Å². The maximum atomic E-state index is 9.50. The SMILES string of the molecule is C=CCN(C1CCC(O)CC1)C(C)(C)C. The van der Waals surface area contributed by atoms with Gasteiger partial charge in [0.1, 0.15) is 0 Å². The van der Waals surface area contributed by atoms with Crippen LogP contribution in [0.3, 0.4) is 0 Å². The second-order valence-corrected chi connectivity index (χ2v) is 5.57. The molecule has 15 heavy (non-hydrogen) atoms. The van der Waals surface area contributed by atoms with E-state index in [1.165, 1.54) is 0 Å². The molecule has 2 heteroatoms. The van der Waals surface area contributed by atoms with E-state index in [4.69, 9.17) is 0 Å². The summed E-state index contributed by atoms with van der Waals surface area (Å²) in [4.78, 5) is 2.51. The van der Waals surface area contributed by atoms with Crippen LogP contribution in [0.4, 0.5) is 0 Å². The molecule has 1 rings (SSSR count). The van der Waals surface area contributed by atoms with Crippen molar-refractivity contribution in [2.24, 2.45) is 0 Å². The first-order valence-electron chi connectivity index (χ1n) is 6.01. The highest BCUT2D eigenvalue weighted by Crippen LogP contribution is 2.28. The van der Waals surface area contributed by atoms with Crippen molar-refractivity contribution in [2.75, 3.05) is 6.54 Å². The molecule has 0 bridgehead atoms. The lowest BCUT2D eigenvalue weighted by molar-refractivity contribution is 0.0351. The molecule has 0 heterocycles. The predicted molar refractivity (Wildman–Crippen MR) is 64.9 cm³/mol. The fourth-order valence-corrected chi connectivity index (χ4v) is 2.48. The van der Waals surface area contributed by atoms with Crippen LogP contribution in [0.5, 0.6) is 0 Å². The third-order valence-electron chi connectivity index (χ3n) is 3.29. The van der Waals surface area contributed by atoms with Crippen molar-refractivity contribution in [3.63, 3.8) is 0 Å². The van der Waals surface area contributed by atoms with Gasteiger partial charge in [-0.3, -0.25) is 4.90 Å². The van der Waals surface area contributed by atoms with E-state index in [0.29, 0.717) is 6.04 Å². The first-order valence-corrected chi connectivity index (χ1v) is 6.01. The molecule has 0 atom stereocenters. The van der Waals surface area contributed by atoms with Gasteiger partial charge in [0.25, 0.3) is 0 Å². The zero-order valence-electron chi connectivity index (χ0n) is 10.4. The fraction of sp³-hybridized carbons (Fsp3) is 0.846. The first kappa shape index (κ1) is 12.7. The van der Waals surface area contributed by atoms with Crippen molar-refractivity contribution >= 4 is 0 Å². The molecule has 0 aliphatic heterocycles. The van der Waals surface area contributed by atoms with E-state index in [1.54, 1.807) is 0 Å². The van der Waals surface area contributed by atoms with Crippen molar-refractivity contribution in [1.82, 2.24) is 4.90 Å². The molecule has 0 aromatic rings. The normalized spacial score (nSPS) is 28.1. The molecular formula is C13H25NO. The maximum Gasteiger partial charge on any atom is 0.0541 e. The van der Waals surface area contributed by atoms with Crippen LogP contribution in [0.15, 0.2) is 12.7 Å². The lowest BCUT2D eigenvalue weighted by atomic mass is 9.89. The van der Waals surface area contributed by atoms with Gasteiger partial charge in [-0.1, -0.05) is 6.08 Å². The molecule has 0 saturated heterocycles. The molecule has 0 aromatic heterocycles. The average molecular weight is 211 g/mol. The van der Waals surface area contributed by atoms with E-state index in [9.17, 15) is 5.11 Å². The minimum Gasteiger partial charge on any atom is -0.393 e. The first-order chi connectivity index (χ1) is 6.95. The van der Waals surface area contributed by atoms with Gasteiger partial charge in [0, 0.05) is 18.1 Å². The van der Waals surface area contributed by atoms with E-state index >= 15 is 0 Å². The zero-order valence-corrected chi connectivity index (χ0v) is 10.4. The standard InChI is InChI=1S/C13H25NO/c1-5-10-14(13(2,3)4)11-6-8-12(15)9-7-11/h5,11-12,15H,1,6-10H2,2-4H3. The summed E-state index contributed by atoms with van der Waals surface area (Å²) in [5.41, 5.74) is 0.196. The number of hydrogen-bond donors (Lipinski definition) is 1. The van der Waals surface area contributed by atoms with Gasteiger partial charge in [-0.2, -0.15) is 0 Å². The number of hydrogen-bond acceptors (Lipinski definition) is 2. The predicted octanol–water partition coefficient (Wildman–Crippen LogP) is 2.58. The van der Waals surface area contributed by atoms with E-state index in [-0.39, 0.29) is 11.6 Å². The van der Waals surface area contributed by atoms with Gasteiger partial charge in [-0.15, -0.1) is 6.58 Å². The van der Waals surface area contributed by atoms with Gasteiger partial charge in [-0.25, -0.2) is 0 Å². The van der Waals surface area contributed by atoms with E-state index in [0.717, 1.165) is 32.2 Å². The number of aliphatic hydroxyl groups excluding tert-OH is 1. The molecular weight excluding hydrogens is 186 g/mol. The van der Waals surface area contributed by atoms with Gasteiger partial charge < -0.3 is 5.11 Å². The molecule has 0 aromatic carbocycles. The molecule has 1 N–H and O–H groups in total. The van der Waals surface area contributed by atoms with Crippen molar-refractivity contribution in [2.45, 2.75) is 64.1 Å². The molecule has 0 spiro atoms. The largest absolute Gasteiger partial charge is 0.393 e. The smallest absolute Gasteiger partial charge is 0.0541 e. The summed E-state index contributed by atoms with van der Waals surface area (Å²) in [5.74, 6) is 0. The van der Waals surface area contributed by atoms with Crippen LogP contribution in [0.2, 0.25) is 0 Å². The van der Waals surface area contributed by atoms with Gasteiger partial charge in [0.2, 0.25) is 0 Å². The molecule has 1 fully saturated rings. The highest BCUT2D eigenvalue weighted by molar-refractivity contribution is 4.90. The Balaban J connectivity index is 2.60. The van der Waals surface area contributed by atoms with Crippen LogP contribution in [0.25, 0.3) is 0 Å². The molecule has 0 radical (unpaired) electrons. The summed E-state index contributed by atoms with van der Waals surface area (Å²) >= 11 is 0. The molecule has 1 aliphatic carbocycles. The Hall–Kier alpha value is -0.340. The van der Waals surface area contributed by atoms with Crippen LogP contribution >= 0.6 is 0 Å². The molecule has 0 unspecified atom stereocenters. The van der Waals surface area contributed by atoms with Crippen LogP contribution in [0.1, 0.15) is 46.5 Å². The van der Waals surface area contributed by atoms with Crippen LogP contribution < -0.4 is 0 Å². The maximum absolute atomic E-state index is 9.50. The fourth-order valence-electron chi connectivity index (χ4n) is 2.48. The highest BCUT2D eigenvalue weighted by atomic mass is 16.3. The van der Waals surface area contributed by atoms with E-state index in [2.05, 4.69) is 32.3 Å². The number of aliphatic hydroxyl groups is 1. The third kappa shape index (κ3) is 3.62. The lowest BCUT2D eigenvalue weighted by Crippen LogP contribution is -2.49. The second kappa shape index (κ2) is 5.13. The number of nitrogens with zero attached hydrogens (tertiary/aromatic N) is 1. The molecule has 1 saturated carbocycles. The summed E-state index contributed by atoms with van der Waals surface area (Å²) in [6, 6.07) is 0.617. The second-order valence-electron chi connectivity index (χ2n) is 5.57. The van der Waals surface area contributed by atoms with Gasteiger partial charge in [-0.05, 0) is 46.5 Å². The van der Waals surface area contributed by atoms with Crippen molar-refractivity contribution in [3.8, 4) is 0 Å². The Labute approximate surface area is 94.0 Å². The van der Waals surface area contributed by atoms with E-state index < -0.39 is 0 Å². The Morgan fingerprint density at radius 3 is 2.20 bits per heavy atom. The topological polar surface area (TPSA) is 23.5 Å². The summed E-state index contributed by atoms with van der Waals surface area (Å²) in [7, 11) is 0. The molecule has 0 amide bonds. The summed E-state index contributed by atoms with van der Waals surface area (Å²) in [6.07, 6.45) is 6.06.